The van der Waals surface area contributed by atoms with Crippen molar-refractivity contribution in [3.8, 4) is 11.5 Å². The number of nitrogen functional groups attached to an aromatic ring is 1. The minimum absolute atomic E-state index is 0.113. The summed E-state index contributed by atoms with van der Waals surface area (Å²) in [5.41, 5.74) is 5.73. The Morgan fingerprint density at radius 1 is 1.15 bits per heavy atom. The lowest BCUT2D eigenvalue weighted by atomic mass is 10.3. The number of ether oxygens (including phenoxy) is 2. The van der Waals surface area contributed by atoms with Crippen LogP contribution in [-0.4, -0.2) is 60.0 Å². The lowest BCUT2D eigenvalue weighted by molar-refractivity contribution is -0.158. The Kier molecular flexibility index (Phi) is 5.60. The fourth-order valence-corrected chi connectivity index (χ4v) is 2.77. The van der Waals surface area contributed by atoms with Crippen LogP contribution in [-0.2, 0) is 14.3 Å². The summed E-state index contributed by atoms with van der Waals surface area (Å²) in [6, 6.07) is 6.89. The Balaban J connectivity index is 1.75. The molecule has 0 radical (unpaired) electrons. The predicted octanol–water partition coefficient (Wildman–Crippen LogP) is 1.33. The Bertz CT molecular complexity index is 838. The first-order chi connectivity index (χ1) is 13.0. The number of hydrogen-bond donors (Lipinski definition) is 1. The highest BCUT2D eigenvalue weighted by Gasteiger charge is 2.28. The maximum atomic E-state index is 11.9. The summed E-state index contributed by atoms with van der Waals surface area (Å²) < 4.78 is 10.3. The van der Waals surface area contributed by atoms with Gasteiger partial charge in [0.1, 0.15) is 5.75 Å². The van der Waals surface area contributed by atoms with Crippen LogP contribution < -0.4 is 15.4 Å². The van der Waals surface area contributed by atoms with Crippen molar-refractivity contribution in [3.05, 3.63) is 35.5 Å². The highest BCUT2D eigenvalue weighted by Crippen LogP contribution is 2.31. The van der Waals surface area contributed by atoms with Gasteiger partial charge >= 0.3 is 11.9 Å². The average molecular weight is 392 g/mol. The molecular formula is C17H18ClN5O4. The van der Waals surface area contributed by atoms with Crippen LogP contribution in [0.5, 0.6) is 11.5 Å². The third-order valence-corrected chi connectivity index (χ3v) is 4.27. The van der Waals surface area contributed by atoms with E-state index in [9.17, 15) is 9.59 Å². The van der Waals surface area contributed by atoms with Gasteiger partial charge in [-0.1, -0.05) is 11.6 Å². The smallest absolute Gasteiger partial charge is 0.396 e. The van der Waals surface area contributed by atoms with Gasteiger partial charge < -0.3 is 25.0 Å². The third-order valence-electron chi connectivity index (χ3n) is 4.02. The fourth-order valence-electron chi connectivity index (χ4n) is 2.64. The summed E-state index contributed by atoms with van der Waals surface area (Å²) in [4.78, 5) is 34.9. The lowest BCUT2D eigenvalue weighted by Gasteiger charge is -2.35. The SMILES string of the molecule is COC(=O)C(=O)N1CCN(c2nc(N)ncc2Oc2ccc(Cl)cc2)CC1. The number of piperazine rings is 1. The molecular weight excluding hydrogens is 374 g/mol. The van der Waals surface area contributed by atoms with Crippen molar-refractivity contribution < 1.29 is 19.1 Å². The molecule has 1 fully saturated rings. The predicted molar refractivity (Wildman–Crippen MR) is 98.8 cm³/mol. The lowest BCUT2D eigenvalue weighted by Crippen LogP contribution is -2.51. The number of nitrogens with two attached hydrogens (primary N) is 1. The molecule has 9 nitrogen and oxygen atoms in total. The molecule has 2 aromatic rings. The van der Waals surface area contributed by atoms with Crippen molar-refractivity contribution in [1.29, 1.82) is 0 Å². The van der Waals surface area contributed by atoms with E-state index in [1.807, 2.05) is 4.90 Å². The van der Waals surface area contributed by atoms with Crippen LogP contribution in [0.25, 0.3) is 0 Å². The van der Waals surface area contributed by atoms with E-state index in [0.717, 1.165) is 0 Å². The molecule has 2 N–H and O–H groups in total. The molecule has 1 saturated heterocycles. The molecule has 1 aromatic heterocycles. The molecule has 1 aliphatic heterocycles. The summed E-state index contributed by atoms with van der Waals surface area (Å²) in [5.74, 6) is 0.107. The molecule has 1 aromatic carbocycles. The molecule has 0 atom stereocenters. The molecule has 1 aliphatic rings. The normalized spacial score (nSPS) is 14.0. The summed E-state index contributed by atoms with van der Waals surface area (Å²) in [5, 5.41) is 0.600. The van der Waals surface area contributed by atoms with E-state index in [4.69, 9.17) is 22.1 Å². The molecule has 0 bridgehead atoms. The van der Waals surface area contributed by atoms with E-state index in [2.05, 4.69) is 14.7 Å². The Morgan fingerprint density at radius 2 is 1.81 bits per heavy atom. The molecule has 27 heavy (non-hydrogen) atoms. The van der Waals surface area contributed by atoms with E-state index in [1.54, 1.807) is 24.3 Å². The van der Waals surface area contributed by atoms with Gasteiger partial charge in [-0.3, -0.25) is 4.79 Å². The molecule has 10 heteroatoms. The second-order valence-corrected chi connectivity index (χ2v) is 6.18. The van der Waals surface area contributed by atoms with Gasteiger partial charge in [-0.05, 0) is 24.3 Å². The Labute approximate surface area is 160 Å². The summed E-state index contributed by atoms with van der Waals surface area (Å²) in [7, 11) is 1.18. The number of aromatic nitrogens is 2. The number of carbonyl (C=O) groups is 2. The zero-order valence-corrected chi connectivity index (χ0v) is 15.3. The minimum atomic E-state index is -0.874. The number of benzene rings is 1. The zero-order valence-electron chi connectivity index (χ0n) is 14.6. The van der Waals surface area contributed by atoms with Crippen LogP contribution in [0.1, 0.15) is 0 Å². The van der Waals surface area contributed by atoms with E-state index in [1.165, 1.54) is 18.2 Å². The summed E-state index contributed by atoms with van der Waals surface area (Å²) in [6.07, 6.45) is 1.50. The van der Waals surface area contributed by atoms with Crippen molar-refractivity contribution in [2.24, 2.45) is 0 Å². The van der Waals surface area contributed by atoms with Gasteiger partial charge in [-0.15, -0.1) is 0 Å². The van der Waals surface area contributed by atoms with Crippen molar-refractivity contribution >= 4 is 35.2 Å². The van der Waals surface area contributed by atoms with Gasteiger partial charge in [0, 0.05) is 31.2 Å². The number of esters is 1. The Morgan fingerprint density at radius 3 is 2.44 bits per heavy atom. The first-order valence-electron chi connectivity index (χ1n) is 8.16. The number of rotatable bonds is 3. The van der Waals surface area contributed by atoms with Gasteiger partial charge in [-0.25, -0.2) is 9.78 Å². The van der Waals surface area contributed by atoms with Crippen LogP contribution in [0.2, 0.25) is 5.02 Å². The molecule has 2 heterocycles. The fraction of sp³-hybridized carbons (Fsp3) is 0.294. The largest absolute Gasteiger partial charge is 0.462 e. The van der Waals surface area contributed by atoms with Gasteiger partial charge in [0.15, 0.2) is 11.6 Å². The minimum Gasteiger partial charge on any atom is -0.462 e. The topological polar surface area (TPSA) is 111 Å². The maximum Gasteiger partial charge on any atom is 0.396 e. The number of halogens is 1. The Hall–Kier alpha value is -3.07. The highest BCUT2D eigenvalue weighted by atomic mass is 35.5. The van der Waals surface area contributed by atoms with Crippen molar-refractivity contribution in [2.75, 3.05) is 43.9 Å². The third kappa shape index (κ3) is 4.37. The first kappa shape index (κ1) is 18.7. The first-order valence-corrected chi connectivity index (χ1v) is 8.54. The van der Waals surface area contributed by atoms with E-state index in [0.29, 0.717) is 48.5 Å². The van der Waals surface area contributed by atoms with Crippen LogP contribution in [0, 0.1) is 0 Å². The number of amides is 1. The summed E-state index contributed by atoms with van der Waals surface area (Å²) in [6.45, 7) is 1.60. The molecule has 1 amide bonds. The number of methoxy groups -OCH3 is 1. The molecule has 0 unspecified atom stereocenters. The molecule has 3 rings (SSSR count). The van der Waals surface area contributed by atoms with Gasteiger partial charge in [0.05, 0.1) is 13.3 Å². The van der Waals surface area contributed by atoms with Crippen molar-refractivity contribution in [2.45, 2.75) is 0 Å². The molecule has 0 saturated carbocycles. The van der Waals surface area contributed by atoms with Crippen LogP contribution in [0.4, 0.5) is 11.8 Å². The van der Waals surface area contributed by atoms with E-state index in [-0.39, 0.29) is 5.95 Å². The molecule has 142 valence electrons. The highest BCUT2D eigenvalue weighted by molar-refractivity contribution is 6.32. The van der Waals surface area contributed by atoms with Crippen LogP contribution in [0.15, 0.2) is 30.5 Å². The monoisotopic (exact) mass is 391 g/mol. The average Bonchev–Trinajstić information content (AvgIpc) is 2.70. The summed E-state index contributed by atoms with van der Waals surface area (Å²) >= 11 is 5.89. The van der Waals surface area contributed by atoms with Crippen molar-refractivity contribution in [1.82, 2.24) is 14.9 Å². The zero-order chi connectivity index (χ0) is 19.4. The number of nitrogens with zero attached hydrogens (tertiary/aromatic N) is 4. The van der Waals surface area contributed by atoms with Crippen molar-refractivity contribution in [3.63, 3.8) is 0 Å². The second-order valence-electron chi connectivity index (χ2n) is 5.74. The van der Waals surface area contributed by atoms with Gasteiger partial charge in [0.2, 0.25) is 5.95 Å². The standard InChI is InChI=1S/C17H18ClN5O4/c1-26-16(25)15(24)23-8-6-22(7-9-23)14-13(10-20-17(19)21-14)27-12-4-2-11(18)3-5-12/h2-5,10H,6-9H2,1H3,(H2,19,20,21). The van der Waals surface area contributed by atoms with Crippen LogP contribution in [0.3, 0.4) is 0 Å². The molecule has 0 aliphatic carbocycles. The quantitative estimate of drug-likeness (QED) is 0.616. The van der Waals surface area contributed by atoms with E-state index < -0.39 is 11.9 Å². The number of carbonyl (C=O) groups excluding carboxylic acids is 2. The van der Waals surface area contributed by atoms with Gasteiger partial charge in [0.25, 0.3) is 0 Å². The number of hydrogen-bond acceptors (Lipinski definition) is 8. The van der Waals surface area contributed by atoms with E-state index >= 15 is 0 Å². The second kappa shape index (κ2) is 8.09. The van der Waals surface area contributed by atoms with Gasteiger partial charge in [-0.2, -0.15) is 4.98 Å². The van der Waals surface area contributed by atoms with Crippen LogP contribution >= 0.6 is 11.6 Å². The number of anilines is 2. The maximum absolute atomic E-state index is 11.9. The molecule has 0 spiro atoms.